The standard InChI is InChI=1S/C35H38F4N6O5/c1-32(2,3)34(33(4,5)6,50-31(41)48)28(49-30(40)47)26-14-13-25(27(42-26)19-11-9-8-10-12-19)43-29(46)21-17-20(24-15-16-45(7)44-24)22(18-23(21)36)35(37,38)39/h8-18,28H,1-7H3,(H2,40,47)(H2,41,48)(H,43,46). The maximum Gasteiger partial charge on any atom is 0.417 e. The summed E-state index contributed by atoms with van der Waals surface area (Å²) in [5, 5.41) is 6.57. The molecule has 50 heavy (non-hydrogen) atoms. The summed E-state index contributed by atoms with van der Waals surface area (Å²) in [6.07, 6.45) is -7.34. The second-order valence-electron chi connectivity index (χ2n) is 13.7. The number of amides is 3. The van der Waals surface area contributed by atoms with E-state index in [2.05, 4.69) is 10.4 Å². The van der Waals surface area contributed by atoms with Crippen LogP contribution in [0.5, 0.6) is 0 Å². The molecule has 3 amide bonds. The zero-order chi connectivity index (χ0) is 37.4. The van der Waals surface area contributed by atoms with Crippen LogP contribution >= 0.6 is 0 Å². The number of carbonyl (C=O) groups excluding carboxylic acids is 3. The Kier molecular flexibility index (Phi) is 10.0. The zero-order valence-electron chi connectivity index (χ0n) is 28.5. The van der Waals surface area contributed by atoms with E-state index >= 15 is 4.39 Å². The molecule has 2 aromatic heterocycles. The highest BCUT2D eigenvalue weighted by Gasteiger charge is 2.62. The molecule has 1 unspecified atom stereocenters. The number of primary amides is 2. The van der Waals surface area contributed by atoms with Crippen molar-refractivity contribution in [2.45, 2.75) is 59.4 Å². The summed E-state index contributed by atoms with van der Waals surface area (Å²) in [6, 6.07) is 13.5. The van der Waals surface area contributed by atoms with Gasteiger partial charge in [-0.3, -0.25) is 9.48 Å². The van der Waals surface area contributed by atoms with Crippen LogP contribution in [0.3, 0.4) is 0 Å². The first-order chi connectivity index (χ1) is 23.1. The molecule has 1 atom stereocenters. The number of benzene rings is 2. The molecule has 2 aromatic carbocycles. The first-order valence-corrected chi connectivity index (χ1v) is 15.3. The van der Waals surface area contributed by atoms with Crippen LogP contribution in [0, 0.1) is 16.6 Å². The number of aromatic nitrogens is 3. The molecular formula is C35H38F4N6O5. The molecule has 0 aliphatic carbocycles. The van der Waals surface area contributed by atoms with Gasteiger partial charge in [0.1, 0.15) is 5.82 Å². The van der Waals surface area contributed by atoms with Gasteiger partial charge >= 0.3 is 18.4 Å². The van der Waals surface area contributed by atoms with Gasteiger partial charge in [-0.05, 0) is 30.3 Å². The van der Waals surface area contributed by atoms with Crippen molar-refractivity contribution in [1.29, 1.82) is 0 Å². The molecule has 15 heteroatoms. The number of rotatable bonds is 8. The van der Waals surface area contributed by atoms with Crippen molar-refractivity contribution < 1.29 is 41.4 Å². The van der Waals surface area contributed by atoms with E-state index < -0.39 is 69.3 Å². The maximum atomic E-state index is 15.3. The molecule has 0 saturated carbocycles. The Morgan fingerprint density at radius 3 is 2.00 bits per heavy atom. The van der Waals surface area contributed by atoms with Crippen molar-refractivity contribution in [2.75, 3.05) is 5.32 Å². The number of nitrogens with two attached hydrogens (primary N) is 2. The molecule has 2 heterocycles. The Morgan fingerprint density at radius 1 is 0.880 bits per heavy atom. The number of nitrogens with one attached hydrogen (secondary N) is 1. The van der Waals surface area contributed by atoms with Crippen LogP contribution < -0.4 is 16.8 Å². The highest BCUT2D eigenvalue weighted by atomic mass is 19.4. The Bertz CT molecular complexity index is 1900. The fraction of sp³-hybridized carbons (Fsp3) is 0.343. The van der Waals surface area contributed by atoms with Crippen molar-refractivity contribution in [1.82, 2.24) is 14.8 Å². The largest absolute Gasteiger partial charge is 0.438 e. The van der Waals surface area contributed by atoms with Crippen molar-refractivity contribution in [3.05, 3.63) is 89.5 Å². The van der Waals surface area contributed by atoms with Gasteiger partial charge in [-0.15, -0.1) is 0 Å². The maximum absolute atomic E-state index is 15.3. The summed E-state index contributed by atoms with van der Waals surface area (Å²) in [4.78, 5) is 43.2. The topological polar surface area (TPSA) is 164 Å². The summed E-state index contributed by atoms with van der Waals surface area (Å²) in [5.41, 5.74) is 5.49. The van der Waals surface area contributed by atoms with Crippen molar-refractivity contribution in [2.24, 2.45) is 29.3 Å². The predicted octanol–water partition coefficient (Wildman–Crippen LogP) is 7.62. The number of alkyl halides is 3. The van der Waals surface area contributed by atoms with E-state index in [-0.39, 0.29) is 28.8 Å². The lowest BCUT2D eigenvalue weighted by Gasteiger charge is -2.54. The van der Waals surface area contributed by atoms with Crippen LogP contribution in [0.4, 0.5) is 32.8 Å². The highest BCUT2D eigenvalue weighted by Crippen LogP contribution is 2.55. The van der Waals surface area contributed by atoms with Crippen LogP contribution in [0.15, 0.2) is 66.9 Å². The van der Waals surface area contributed by atoms with Crippen LogP contribution in [-0.4, -0.2) is 38.5 Å². The molecule has 0 bridgehead atoms. The molecule has 4 rings (SSSR count). The summed E-state index contributed by atoms with van der Waals surface area (Å²) >= 11 is 0. The van der Waals surface area contributed by atoms with Gasteiger partial charge in [-0.25, -0.2) is 19.0 Å². The number of aryl methyl sites for hydroxylation is 1. The smallest absolute Gasteiger partial charge is 0.417 e. The van der Waals surface area contributed by atoms with Crippen molar-refractivity contribution >= 4 is 23.8 Å². The number of nitrogens with zero attached hydrogens (tertiary/aromatic N) is 3. The minimum Gasteiger partial charge on any atom is -0.438 e. The first-order valence-electron chi connectivity index (χ1n) is 15.3. The monoisotopic (exact) mass is 698 g/mol. The van der Waals surface area contributed by atoms with E-state index in [9.17, 15) is 27.6 Å². The molecule has 5 N–H and O–H groups in total. The van der Waals surface area contributed by atoms with Gasteiger partial charge in [0.2, 0.25) is 0 Å². The molecule has 0 aliphatic rings. The number of carbonyl (C=O) groups is 3. The number of hydrogen-bond donors (Lipinski definition) is 3. The summed E-state index contributed by atoms with van der Waals surface area (Å²) in [7, 11) is 1.50. The molecule has 4 aromatic rings. The van der Waals surface area contributed by atoms with Crippen LogP contribution in [0.25, 0.3) is 22.5 Å². The van der Waals surface area contributed by atoms with E-state index in [1.54, 1.807) is 71.9 Å². The second kappa shape index (κ2) is 13.4. The van der Waals surface area contributed by atoms with Crippen LogP contribution in [0.2, 0.25) is 0 Å². The lowest BCUT2D eigenvalue weighted by atomic mass is 9.59. The van der Waals surface area contributed by atoms with E-state index in [0.717, 1.165) is 6.07 Å². The highest BCUT2D eigenvalue weighted by molar-refractivity contribution is 6.07. The van der Waals surface area contributed by atoms with Crippen LogP contribution in [-0.2, 0) is 22.7 Å². The van der Waals surface area contributed by atoms with Crippen LogP contribution in [0.1, 0.15) is 69.3 Å². The third-order valence-corrected chi connectivity index (χ3v) is 8.22. The number of ether oxygens (including phenoxy) is 2. The van der Waals surface area contributed by atoms with Gasteiger partial charge in [-0.2, -0.15) is 18.3 Å². The number of hydrogen-bond acceptors (Lipinski definition) is 7. The Balaban J connectivity index is 1.92. The molecular weight excluding hydrogens is 660 g/mol. The van der Waals surface area contributed by atoms with Gasteiger partial charge < -0.3 is 26.3 Å². The summed E-state index contributed by atoms with van der Waals surface area (Å²) in [6.45, 7) is 10.5. The predicted molar refractivity (Wildman–Crippen MR) is 177 cm³/mol. The first kappa shape index (κ1) is 37.4. The summed E-state index contributed by atoms with van der Waals surface area (Å²) < 4.78 is 69.9. The Labute approximate surface area is 286 Å². The van der Waals surface area contributed by atoms with Crippen molar-refractivity contribution in [3.8, 4) is 22.5 Å². The fourth-order valence-electron chi connectivity index (χ4n) is 6.38. The molecule has 0 radical (unpaired) electrons. The SMILES string of the molecule is Cn1ccc(-c2cc(C(=O)Nc3ccc(C(OC(N)=O)C(OC(N)=O)(C(C)(C)C)C(C)(C)C)nc3-c3ccccc3)c(F)cc2C(F)(F)F)n1. The number of pyridine rings is 1. The van der Waals surface area contributed by atoms with Gasteiger partial charge in [0.15, 0.2) is 11.7 Å². The van der Waals surface area contributed by atoms with E-state index in [1.165, 1.54) is 36.1 Å². The molecule has 0 aliphatic heterocycles. The molecule has 0 spiro atoms. The quantitative estimate of drug-likeness (QED) is 0.159. The lowest BCUT2D eigenvalue weighted by Crippen LogP contribution is -2.61. The van der Waals surface area contributed by atoms with Crippen molar-refractivity contribution in [3.63, 3.8) is 0 Å². The normalized spacial score (nSPS) is 13.0. The molecule has 0 saturated heterocycles. The average Bonchev–Trinajstić information content (AvgIpc) is 3.43. The molecule has 266 valence electrons. The van der Waals surface area contributed by atoms with Gasteiger partial charge in [0.05, 0.1) is 33.9 Å². The second-order valence-corrected chi connectivity index (χ2v) is 13.7. The number of halogens is 4. The lowest BCUT2D eigenvalue weighted by molar-refractivity contribution is -0.203. The van der Waals surface area contributed by atoms with E-state index in [0.29, 0.717) is 5.56 Å². The minimum atomic E-state index is -4.94. The number of anilines is 1. The average molecular weight is 699 g/mol. The van der Waals surface area contributed by atoms with E-state index in [4.69, 9.17) is 25.9 Å². The minimum absolute atomic E-state index is 0.0226. The van der Waals surface area contributed by atoms with Gasteiger partial charge in [0.25, 0.3) is 5.91 Å². The van der Waals surface area contributed by atoms with Gasteiger partial charge in [-0.1, -0.05) is 71.9 Å². The molecule has 11 nitrogen and oxygen atoms in total. The summed E-state index contributed by atoms with van der Waals surface area (Å²) in [5.74, 6) is -2.50. The third-order valence-electron chi connectivity index (χ3n) is 8.22. The Morgan fingerprint density at radius 2 is 1.50 bits per heavy atom. The zero-order valence-corrected chi connectivity index (χ0v) is 28.5. The van der Waals surface area contributed by atoms with E-state index in [1.807, 2.05) is 0 Å². The fourth-order valence-corrected chi connectivity index (χ4v) is 6.38. The molecule has 0 fully saturated rings. The third kappa shape index (κ3) is 7.40. The van der Waals surface area contributed by atoms with Gasteiger partial charge in [0, 0.05) is 35.2 Å². The Hall–Kier alpha value is -5.47.